The predicted molar refractivity (Wildman–Crippen MR) is 105 cm³/mol. The molecule has 0 aliphatic heterocycles. The van der Waals surface area contributed by atoms with Gasteiger partial charge in [-0.05, 0) is 30.3 Å². The number of non-ortho nitro benzene ring substituents is 1. The maximum Gasteiger partial charge on any atom is 0.269 e. The molecule has 0 atom stereocenters. The summed E-state index contributed by atoms with van der Waals surface area (Å²) in [7, 11) is 0. The Morgan fingerprint density at radius 1 is 1.18 bits per heavy atom. The van der Waals surface area contributed by atoms with E-state index in [4.69, 9.17) is 16.0 Å². The minimum absolute atomic E-state index is 0.00639. The van der Waals surface area contributed by atoms with Crippen LogP contribution < -0.4 is 0 Å². The van der Waals surface area contributed by atoms with Crippen molar-refractivity contribution in [1.82, 2.24) is 19.7 Å². The summed E-state index contributed by atoms with van der Waals surface area (Å²) >= 11 is 7.51. The molecule has 2 aromatic carbocycles. The Kier molecular flexibility index (Phi) is 5.09. The van der Waals surface area contributed by atoms with Crippen molar-refractivity contribution in [3.05, 3.63) is 82.0 Å². The number of nitro benzene ring substituents is 1. The Morgan fingerprint density at radius 2 is 2.00 bits per heavy atom. The normalized spacial score (nSPS) is 10.9. The van der Waals surface area contributed by atoms with Gasteiger partial charge in [0.15, 0.2) is 5.16 Å². The van der Waals surface area contributed by atoms with E-state index < -0.39 is 4.92 Å². The molecule has 0 spiro atoms. The Balaban J connectivity index is 1.47. The molecule has 0 unspecified atom stereocenters. The molecule has 8 nitrogen and oxygen atoms in total. The van der Waals surface area contributed by atoms with Gasteiger partial charge < -0.3 is 4.42 Å². The molecule has 140 valence electrons. The van der Waals surface area contributed by atoms with Crippen molar-refractivity contribution >= 4 is 29.1 Å². The van der Waals surface area contributed by atoms with Gasteiger partial charge in [0.25, 0.3) is 5.69 Å². The number of aromatic nitrogens is 4. The van der Waals surface area contributed by atoms with Crippen LogP contribution >= 0.6 is 23.4 Å². The minimum atomic E-state index is -0.457. The van der Waals surface area contributed by atoms with E-state index in [1.165, 1.54) is 23.9 Å². The first-order valence-electron chi connectivity index (χ1n) is 8.09. The molecule has 0 bridgehead atoms. The average Bonchev–Trinajstić information content (AvgIpc) is 3.36. The minimum Gasteiger partial charge on any atom is -0.420 e. The number of halogens is 1. The summed E-state index contributed by atoms with van der Waals surface area (Å²) in [5, 5.41) is 20.2. The van der Waals surface area contributed by atoms with E-state index in [0.717, 1.165) is 10.8 Å². The number of imidazole rings is 1. The fourth-order valence-corrected chi connectivity index (χ4v) is 3.49. The predicted octanol–water partition coefficient (Wildman–Crippen LogP) is 4.78. The second-order valence-electron chi connectivity index (χ2n) is 5.65. The van der Waals surface area contributed by atoms with E-state index in [1.807, 2.05) is 35.0 Å². The van der Waals surface area contributed by atoms with Gasteiger partial charge in [0.05, 0.1) is 10.7 Å². The molecule has 0 saturated heterocycles. The molecule has 0 radical (unpaired) electrons. The molecule has 0 saturated carbocycles. The molecule has 0 aliphatic carbocycles. The lowest BCUT2D eigenvalue weighted by atomic mass is 10.2. The van der Waals surface area contributed by atoms with E-state index in [1.54, 1.807) is 18.3 Å². The van der Waals surface area contributed by atoms with Crippen LogP contribution in [-0.4, -0.2) is 24.7 Å². The summed E-state index contributed by atoms with van der Waals surface area (Å²) in [4.78, 5) is 14.6. The molecule has 0 amide bonds. The van der Waals surface area contributed by atoms with Crippen LogP contribution in [0.2, 0.25) is 5.02 Å². The molecule has 2 heterocycles. The van der Waals surface area contributed by atoms with Crippen LogP contribution in [0.25, 0.3) is 17.1 Å². The molecule has 28 heavy (non-hydrogen) atoms. The second-order valence-corrected chi connectivity index (χ2v) is 7.03. The van der Waals surface area contributed by atoms with Gasteiger partial charge >= 0.3 is 0 Å². The van der Waals surface area contributed by atoms with Gasteiger partial charge in [-0.2, -0.15) is 0 Å². The zero-order valence-corrected chi connectivity index (χ0v) is 15.8. The van der Waals surface area contributed by atoms with Crippen molar-refractivity contribution in [3.63, 3.8) is 0 Å². The topological polar surface area (TPSA) is 99.9 Å². The Labute approximate surface area is 168 Å². The molecule has 2 aromatic heterocycles. The van der Waals surface area contributed by atoms with Crippen molar-refractivity contribution in [2.75, 3.05) is 0 Å². The quantitative estimate of drug-likeness (QED) is 0.255. The van der Waals surface area contributed by atoms with E-state index in [0.29, 0.717) is 28.1 Å². The van der Waals surface area contributed by atoms with Crippen molar-refractivity contribution in [2.45, 2.75) is 10.9 Å². The number of rotatable bonds is 6. The monoisotopic (exact) mass is 413 g/mol. The first kappa shape index (κ1) is 18.2. The van der Waals surface area contributed by atoms with E-state index in [-0.39, 0.29) is 5.69 Å². The number of benzene rings is 2. The lowest BCUT2D eigenvalue weighted by molar-refractivity contribution is -0.384. The van der Waals surface area contributed by atoms with Crippen molar-refractivity contribution < 1.29 is 9.34 Å². The summed E-state index contributed by atoms with van der Waals surface area (Å²) in [6.45, 7) is 0. The fourth-order valence-electron chi connectivity index (χ4n) is 2.50. The van der Waals surface area contributed by atoms with Crippen LogP contribution in [0, 0.1) is 10.1 Å². The number of hydrogen-bond donors (Lipinski definition) is 0. The number of nitro groups is 1. The van der Waals surface area contributed by atoms with Crippen LogP contribution in [0.15, 0.2) is 70.5 Å². The Hall–Kier alpha value is -3.17. The Morgan fingerprint density at radius 3 is 2.75 bits per heavy atom. The zero-order chi connectivity index (χ0) is 19.5. The van der Waals surface area contributed by atoms with Crippen molar-refractivity contribution in [2.24, 2.45) is 0 Å². The zero-order valence-electron chi connectivity index (χ0n) is 14.2. The van der Waals surface area contributed by atoms with Gasteiger partial charge in [0, 0.05) is 40.8 Å². The van der Waals surface area contributed by atoms with E-state index in [9.17, 15) is 10.1 Å². The van der Waals surface area contributed by atoms with Gasteiger partial charge in [-0.1, -0.05) is 29.4 Å². The summed E-state index contributed by atoms with van der Waals surface area (Å²) in [6, 6.07) is 13.4. The van der Waals surface area contributed by atoms with Gasteiger partial charge in [-0.3, -0.25) is 14.7 Å². The van der Waals surface area contributed by atoms with E-state index >= 15 is 0 Å². The summed E-state index contributed by atoms with van der Waals surface area (Å²) < 4.78 is 7.58. The molecule has 4 rings (SSSR count). The second kappa shape index (κ2) is 7.83. The van der Waals surface area contributed by atoms with Crippen molar-refractivity contribution in [3.8, 4) is 17.1 Å². The van der Waals surface area contributed by atoms with Crippen LogP contribution in [0.5, 0.6) is 0 Å². The molecule has 10 heteroatoms. The third-order valence-corrected chi connectivity index (χ3v) is 5.00. The summed E-state index contributed by atoms with van der Waals surface area (Å²) in [5.41, 5.74) is 1.53. The van der Waals surface area contributed by atoms with Crippen LogP contribution in [-0.2, 0) is 5.75 Å². The van der Waals surface area contributed by atoms with Gasteiger partial charge in [-0.15, -0.1) is 10.2 Å². The maximum absolute atomic E-state index is 10.7. The number of hydrogen-bond acceptors (Lipinski definition) is 7. The molecule has 0 fully saturated rings. The highest BCUT2D eigenvalue weighted by molar-refractivity contribution is 7.98. The molecule has 0 aliphatic rings. The highest BCUT2D eigenvalue weighted by Gasteiger charge is 2.13. The molecular formula is C18H12ClN5O3S. The smallest absolute Gasteiger partial charge is 0.269 e. The van der Waals surface area contributed by atoms with Gasteiger partial charge in [0.2, 0.25) is 11.8 Å². The van der Waals surface area contributed by atoms with Gasteiger partial charge in [0.1, 0.15) is 0 Å². The summed E-state index contributed by atoms with van der Waals surface area (Å²) in [6.07, 6.45) is 3.56. The first-order valence-corrected chi connectivity index (χ1v) is 9.46. The molecule has 4 aromatic rings. The largest absolute Gasteiger partial charge is 0.420 e. The third-order valence-electron chi connectivity index (χ3n) is 3.81. The molecular weight excluding hydrogens is 402 g/mol. The standard InChI is InChI=1S/C18H12ClN5O3S/c19-13-2-1-3-15(10-13)23-9-8-20-18(23)28-11-16-21-22-17(27-16)12-4-6-14(7-5-12)24(25)26/h1-10H,11H2. The highest BCUT2D eigenvalue weighted by Crippen LogP contribution is 2.27. The summed E-state index contributed by atoms with van der Waals surface area (Å²) in [5.74, 6) is 1.17. The number of thioether (sulfide) groups is 1. The van der Waals surface area contributed by atoms with Crippen LogP contribution in [0.1, 0.15) is 5.89 Å². The van der Waals surface area contributed by atoms with Crippen molar-refractivity contribution in [1.29, 1.82) is 0 Å². The van der Waals surface area contributed by atoms with Gasteiger partial charge in [-0.25, -0.2) is 4.98 Å². The van der Waals surface area contributed by atoms with Crippen LogP contribution in [0.4, 0.5) is 5.69 Å². The Bertz CT molecular complexity index is 1130. The first-order chi connectivity index (χ1) is 13.6. The lowest BCUT2D eigenvalue weighted by Gasteiger charge is -2.06. The third kappa shape index (κ3) is 3.90. The SMILES string of the molecule is O=[N+]([O-])c1ccc(-c2nnc(CSc3nccn3-c3cccc(Cl)c3)o2)cc1. The van der Waals surface area contributed by atoms with Crippen LogP contribution in [0.3, 0.4) is 0 Å². The number of nitrogens with zero attached hydrogens (tertiary/aromatic N) is 5. The maximum atomic E-state index is 10.7. The lowest BCUT2D eigenvalue weighted by Crippen LogP contribution is -1.95. The fraction of sp³-hybridized carbons (Fsp3) is 0.0556. The molecule has 0 N–H and O–H groups in total. The van der Waals surface area contributed by atoms with E-state index in [2.05, 4.69) is 15.2 Å². The highest BCUT2D eigenvalue weighted by atomic mass is 35.5. The average molecular weight is 414 g/mol.